The van der Waals surface area contributed by atoms with Crippen LogP contribution in [0.2, 0.25) is 0 Å². The zero-order chi connectivity index (χ0) is 27.7. The topological polar surface area (TPSA) is 44.8 Å². The van der Waals surface area contributed by atoms with E-state index in [0.29, 0.717) is 23.8 Å². The molecular weight excluding hydrogens is 491 g/mol. The average Bonchev–Trinajstić information content (AvgIpc) is 3.53. The Hall–Kier alpha value is -3.34. The van der Waals surface area contributed by atoms with Crippen LogP contribution in [0.4, 0.5) is 4.39 Å². The van der Waals surface area contributed by atoms with E-state index in [9.17, 15) is 4.79 Å². The van der Waals surface area contributed by atoms with Gasteiger partial charge >= 0.3 is 5.97 Å². The Morgan fingerprint density at radius 3 is 2.49 bits per heavy atom. The number of rotatable bonds is 8. The number of hydrogen-bond donors (Lipinski definition) is 0. The molecule has 0 spiro atoms. The average molecular weight is 531 g/mol. The molecule has 0 bridgehead atoms. The van der Waals surface area contributed by atoms with Gasteiger partial charge in [0, 0.05) is 5.56 Å². The molecule has 0 aliphatic heterocycles. The Bertz CT molecular complexity index is 1360. The lowest BCUT2D eigenvalue weighted by molar-refractivity contribution is -0.145. The van der Waals surface area contributed by atoms with Crippen LogP contribution >= 0.6 is 0 Å². The Kier molecular flexibility index (Phi) is 7.70. The summed E-state index contributed by atoms with van der Waals surface area (Å²) >= 11 is 0. The van der Waals surface area contributed by atoms with Crippen molar-refractivity contribution in [2.45, 2.75) is 71.3 Å². The van der Waals surface area contributed by atoms with Crippen LogP contribution in [-0.4, -0.2) is 20.2 Å². The van der Waals surface area contributed by atoms with E-state index in [-0.39, 0.29) is 29.0 Å². The lowest BCUT2D eigenvalue weighted by Gasteiger charge is -2.30. The van der Waals surface area contributed by atoms with Gasteiger partial charge in [-0.3, -0.25) is 4.79 Å². The van der Waals surface area contributed by atoms with Gasteiger partial charge < -0.3 is 14.2 Å². The van der Waals surface area contributed by atoms with Crippen LogP contribution in [0.3, 0.4) is 0 Å². The Labute approximate surface area is 231 Å². The highest BCUT2D eigenvalue weighted by Crippen LogP contribution is 2.51. The third-order valence-corrected chi connectivity index (χ3v) is 9.04. The van der Waals surface area contributed by atoms with Crippen LogP contribution in [0.15, 0.2) is 54.6 Å². The molecule has 0 heterocycles. The van der Waals surface area contributed by atoms with Crippen molar-refractivity contribution in [3.63, 3.8) is 0 Å². The molecule has 5 heteroatoms. The van der Waals surface area contributed by atoms with Crippen LogP contribution in [0.1, 0.15) is 80.5 Å². The van der Waals surface area contributed by atoms with Gasteiger partial charge in [-0.1, -0.05) is 51.5 Å². The number of aryl methyl sites for hydroxylation is 1. The highest BCUT2D eigenvalue weighted by atomic mass is 19.1. The van der Waals surface area contributed by atoms with E-state index in [1.54, 1.807) is 19.2 Å². The van der Waals surface area contributed by atoms with E-state index in [2.05, 4.69) is 32.0 Å². The van der Waals surface area contributed by atoms with Gasteiger partial charge in [-0.2, -0.15) is 0 Å². The molecule has 5 rings (SSSR count). The first-order chi connectivity index (χ1) is 18.7. The van der Waals surface area contributed by atoms with Gasteiger partial charge in [0.05, 0.1) is 20.1 Å². The van der Waals surface area contributed by atoms with Gasteiger partial charge in [0.15, 0.2) is 0 Å². The lowest BCUT2D eigenvalue weighted by atomic mass is 9.75. The smallest absolute Gasteiger partial charge is 0.308 e. The van der Waals surface area contributed by atoms with Crippen molar-refractivity contribution in [3.8, 4) is 22.6 Å². The zero-order valence-electron chi connectivity index (χ0n) is 23.7. The summed E-state index contributed by atoms with van der Waals surface area (Å²) in [7, 11) is 3.05. The zero-order valence-corrected chi connectivity index (χ0v) is 23.7. The van der Waals surface area contributed by atoms with E-state index in [1.807, 2.05) is 25.1 Å². The monoisotopic (exact) mass is 530 g/mol. The first-order valence-corrected chi connectivity index (χ1v) is 14.0. The molecule has 4 nitrogen and oxygen atoms in total. The van der Waals surface area contributed by atoms with Crippen LogP contribution in [0, 0.1) is 17.2 Å². The molecule has 2 aliphatic rings. The van der Waals surface area contributed by atoms with E-state index < -0.39 is 0 Å². The van der Waals surface area contributed by atoms with Gasteiger partial charge in [-0.05, 0) is 101 Å². The van der Waals surface area contributed by atoms with Gasteiger partial charge in [-0.25, -0.2) is 4.39 Å². The maximum Gasteiger partial charge on any atom is 0.308 e. The van der Waals surface area contributed by atoms with Crippen molar-refractivity contribution < 1.29 is 23.4 Å². The Morgan fingerprint density at radius 2 is 1.77 bits per heavy atom. The molecule has 39 heavy (non-hydrogen) atoms. The fourth-order valence-corrected chi connectivity index (χ4v) is 6.71. The number of carbonyl (C=O) groups is 1. The molecule has 0 saturated heterocycles. The SMILES string of the molecule is COC(=O)[C@@H](C)[C@@H]1CCc2ccc(OCc3ccc(-c4cc(OC)ccc4F)c([C@@H]4CCCC4(C)C)c3)cc21. The third-order valence-electron chi connectivity index (χ3n) is 9.04. The number of esters is 1. The van der Waals surface area contributed by atoms with Crippen molar-refractivity contribution in [2.24, 2.45) is 11.3 Å². The number of halogens is 1. The van der Waals surface area contributed by atoms with Crippen LogP contribution in [0.5, 0.6) is 11.5 Å². The Morgan fingerprint density at radius 1 is 0.974 bits per heavy atom. The van der Waals surface area contributed by atoms with Crippen molar-refractivity contribution in [1.82, 2.24) is 0 Å². The molecule has 3 atom stereocenters. The molecule has 3 aromatic rings. The normalized spacial score (nSPS) is 20.4. The van der Waals surface area contributed by atoms with E-state index in [1.165, 1.54) is 36.3 Å². The van der Waals surface area contributed by atoms with Crippen molar-refractivity contribution >= 4 is 5.97 Å². The second kappa shape index (κ2) is 11.0. The minimum absolute atomic E-state index is 0.134. The largest absolute Gasteiger partial charge is 0.497 e. The number of ether oxygens (including phenoxy) is 3. The van der Waals surface area contributed by atoms with Crippen molar-refractivity contribution in [1.29, 1.82) is 0 Å². The van der Waals surface area contributed by atoms with Crippen LogP contribution in [0.25, 0.3) is 11.1 Å². The Balaban J connectivity index is 1.43. The summed E-state index contributed by atoms with van der Waals surface area (Å²) in [4.78, 5) is 12.2. The number of benzene rings is 3. The summed E-state index contributed by atoms with van der Waals surface area (Å²) in [5.74, 6) is 1.31. The van der Waals surface area contributed by atoms with Gasteiger partial charge in [0.1, 0.15) is 23.9 Å². The molecule has 1 fully saturated rings. The van der Waals surface area contributed by atoms with Crippen LogP contribution < -0.4 is 9.47 Å². The third kappa shape index (κ3) is 5.41. The van der Waals surface area contributed by atoms with E-state index in [0.717, 1.165) is 42.6 Å². The summed E-state index contributed by atoms with van der Waals surface area (Å²) in [6, 6.07) is 17.5. The molecule has 1 saturated carbocycles. The van der Waals surface area contributed by atoms with Crippen LogP contribution in [-0.2, 0) is 22.6 Å². The number of fused-ring (bicyclic) bond motifs is 1. The molecule has 0 radical (unpaired) electrons. The molecular formula is C34H39FO4. The maximum atomic E-state index is 15.1. The highest BCUT2D eigenvalue weighted by Gasteiger charge is 2.37. The highest BCUT2D eigenvalue weighted by molar-refractivity contribution is 5.73. The molecule has 0 unspecified atom stereocenters. The number of hydrogen-bond acceptors (Lipinski definition) is 4. The summed E-state index contributed by atoms with van der Waals surface area (Å²) in [6.45, 7) is 6.99. The lowest BCUT2D eigenvalue weighted by Crippen LogP contribution is -2.19. The molecule has 2 aliphatic carbocycles. The van der Waals surface area contributed by atoms with E-state index >= 15 is 4.39 Å². The predicted molar refractivity (Wildman–Crippen MR) is 152 cm³/mol. The molecule has 206 valence electrons. The maximum absolute atomic E-state index is 15.1. The van der Waals surface area contributed by atoms with Crippen molar-refractivity contribution in [2.75, 3.05) is 14.2 Å². The molecule has 0 aromatic heterocycles. The van der Waals surface area contributed by atoms with Gasteiger partial charge in [-0.15, -0.1) is 0 Å². The summed E-state index contributed by atoms with van der Waals surface area (Å²) in [6.07, 6.45) is 5.31. The standard InChI is InChI=1S/C34H39FO4/c1-21(33(36)38-5)26-14-10-23-9-11-25(19-28(23)26)39-20-22-8-13-27(30-18-24(37-4)12-15-32(30)35)29(17-22)31-7-6-16-34(31,2)3/h8-9,11-13,15,17-19,21,26,31H,6-7,10,14,16,20H2,1-5H3/t21-,26-,31-/m0/s1. The fourth-order valence-electron chi connectivity index (χ4n) is 6.71. The number of carbonyl (C=O) groups excluding carboxylic acids is 1. The minimum atomic E-state index is -0.245. The quantitative estimate of drug-likeness (QED) is 0.275. The van der Waals surface area contributed by atoms with E-state index in [4.69, 9.17) is 14.2 Å². The van der Waals surface area contributed by atoms with Crippen molar-refractivity contribution in [3.05, 3.63) is 82.7 Å². The predicted octanol–water partition coefficient (Wildman–Crippen LogP) is 8.21. The van der Waals surface area contributed by atoms with Gasteiger partial charge in [0.25, 0.3) is 0 Å². The minimum Gasteiger partial charge on any atom is -0.497 e. The molecule has 0 amide bonds. The second-order valence-electron chi connectivity index (χ2n) is 11.8. The van der Waals surface area contributed by atoms with Gasteiger partial charge in [0.2, 0.25) is 0 Å². The fraction of sp³-hybridized carbons (Fsp3) is 0.441. The summed E-state index contributed by atoms with van der Waals surface area (Å²) < 4.78 is 31.8. The first-order valence-electron chi connectivity index (χ1n) is 14.0. The molecule has 0 N–H and O–H groups in total. The number of methoxy groups -OCH3 is 2. The summed E-state index contributed by atoms with van der Waals surface area (Å²) in [5.41, 5.74) is 6.32. The molecule has 3 aromatic carbocycles. The second-order valence-corrected chi connectivity index (χ2v) is 11.8. The first kappa shape index (κ1) is 27.2. The summed E-state index contributed by atoms with van der Waals surface area (Å²) in [5, 5.41) is 0.